The standard InChI is InChI=1S/C19H29ClO8/c1-6-25-16-11(4)18(23)8-13(26-12(5)21)19(24,9-20)15(18)17(28-16)27-14(22)7-10(2)3/h10,13,15-17,23-24H,4,6-9H2,1-3,5H3/t13-,15-,16+,17+,18-,19+/m0/s1. The van der Waals surface area contributed by atoms with Gasteiger partial charge in [-0.25, -0.2) is 0 Å². The molecule has 6 atom stereocenters. The molecule has 1 saturated carbocycles. The number of carbonyl (C=O) groups excluding carboxylic acids is 2. The Morgan fingerprint density at radius 3 is 2.50 bits per heavy atom. The fourth-order valence-electron chi connectivity index (χ4n) is 3.89. The molecule has 1 heterocycles. The van der Waals surface area contributed by atoms with Gasteiger partial charge < -0.3 is 29.2 Å². The van der Waals surface area contributed by atoms with Gasteiger partial charge in [0.1, 0.15) is 17.3 Å². The molecule has 0 radical (unpaired) electrons. The van der Waals surface area contributed by atoms with Gasteiger partial charge in [-0.2, -0.15) is 0 Å². The van der Waals surface area contributed by atoms with Gasteiger partial charge in [-0.1, -0.05) is 20.4 Å². The lowest BCUT2D eigenvalue weighted by Crippen LogP contribution is -2.61. The molecular weight excluding hydrogens is 392 g/mol. The summed E-state index contributed by atoms with van der Waals surface area (Å²) in [6.45, 7) is 10.8. The third-order valence-electron chi connectivity index (χ3n) is 5.14. The van der Waals surface area contributed by atoms with Crippen molar-refractivity contribution in [2.45, 2.75) is 70.4 Å². The molecule has 2 rings (SSSR count). The van der Waals surface area contributed by atoms with Gasteiger partial charge in [0, 0.05) is 31.9 Å². The molecule has 2 fully saturated rings. The number of esters is 2. The van der Waals surface area contributed by atoms with Gasteiger partial charge in [0.2, 0.25) is 6.29 Å². The van der Waals surface area contributed by atoms with Crippen molar-refractivity contribution < 1.29 is 38.7 Å². The van der Waals surface area contributed by atoms with E-state index in [4.69, 9.17) is 30.5 Å². The van der Waals surface area contributed by atoms with Crippen molar-refractivity contribution in [1.29, 1.82) is 0 Å². The molecule has 8 nitrogen and oxygen atoms in total. The van der Waals surface area contributed by atoms with E-state index < -0.39 is 47.7 Å². The Labute approximate surface area is 169 Å². The lowest BCUT2D eigenvalue weighted by atomic mass is 9.76. The van der Waals surface area contributed by atoms with Gasteiger partial charge in [0.05, 0.1) is 11.8 Å². The molecule has 0 aromatic rings. The molecule has 2 aliphatic rings. The van der Waals surface area contributed by atoms with E-state index >= 15 is 0 Å². The largest absolute Gasteiger partial charge is 0.459 e. The maximum absolute atomic E-state index is 12.3. The molecule has 0 amide bonds. The van der Waals surface area contributed by atoms with Crippen LogP contribution in [0.15, 0.2) is 12.2 Å². The fraction of sp³-hybridized carbons (Fsp3) is 0.789. The van der Waals surface area contributed by atoms with E-state index in [1.165, 1.54) is 6.92 Å². The number of hydrogen-bond acceptors (Lipinski definition) is 8. The molecule has 0 spiro atoms. The molecule has 1 saturated heterocycles. The Morgan fingerprint density at radius 1 is 1.36 bits per heavy atom. The van der Waals surface area contributed by atoms with Crippen LogP contribution in [0.25, 0.3) is 0 Å². The zero-order chi connectivity index (χ0) is 21.3. The minimum atomic E-state index is -1.90. The Balaban J connectivity index is 2.44. The normalized spacial score (nSPS) is 37.6. The fourth-order valence-corrected chi connectivity index (χ4v) is 4.23. The summed E-state index contributed by atoms with van der Waals surface area (Å²) >= 11 is 6.03. The molecule has 2 N–H and O–H groups in total. The summed E-state index contributed by atoms with van der Waals surface area (Å²) < 4.78 is 21.9. The maximum Gasteiger partial charge on any atom is 0.308 e. The number of halogens is 1. The van der Waals surface area contributed by atoms with Crippen LogP contribution in [0.3, 0.4) is 0 Å². The van der Waals surface area contributed by atoms with Crippen molar-refractivity contribution in [1.82, 2.24) is 0 Å². The molecule has 9 heteroatoms. The summed E-state index contributed by atoms with van der Waals surface area (Å²) in [5.74, 6) is -2.75. The third-order valence-corrected chi connectivity index (χ3v) is 5.57. The van der Waals surface area contributed by atoms with E-state index in [-0.39, 0.29) is 36.8 Å². The highest BCUT2D eigenvalue weighted by Gasteiger charge is 2.70. The Morgan fingerprint density at radius 2 is 2.00 bits per heavy atom. The minimum absolute atomic E-state index is 0.0388. The van der Waals surface area contributed by atoms with Gasteiger partial charge >= 0.3 is 11.9 Å². The summed E-state index contributed by atoms with van der Waals surface area (Å²) in [7, 11) is 0. The summed E-state index contributed by atoms with van der Waals surface area (Å²) in [6.07, 6.45) is -3.60. The average Bonchev–Trinajstić information content (AvgIpc) is 2.80. The van der Waals surface area contributed by atoms with Crippen molar-refractivity contribution in [3.63, 3.8) is 0 Å². The summed E-state index contributed by atoms with van der Waals surface area (Å²) in [5, 5.41) is 22.7. The second kappa shape index (κ2) is 8.67. The smallest absolute Gasteiger partial charge is 0.308 e. The summed E-state index contributed by atoms with van der Waals surface area (Å²) in [6, 6.07) is 0. The van der Waals surface area contributed by atoms with Gasteiger partial charge in [0.15, 0.2) is 6.29 Å². The molecule has 0 aromatic heterocycles. The van der Waals surface area contributed by atoms with Crippen LogP contribution in [0, 0.1) is 11.8 Å². The topological polar surface area (TPSA) is 112 Å². The summed E-state index contributed by atoms with van der Waals surface area (Å²) in [4.78, 5) is 23.8. The number of rotatable bonds is 7. The number of fused-ring (bicyclic) bond motifs is 1. The Kier molecular flexibility index (Phi) is 7.15. The third kappa shape index (κ3) is 4.21. The number of ether oxygens (including phenoxy) is 4. The molecule has 1 aliphatic heterocycles. The molecular formula is C19H29ClO8. The molecule has 0 unspecified atom stereocenters. The van der Waals surface area contributed by atoms with Crippen LogP contribution in [-0.4, -0.2) is 64.5 Å². The quantitative estimate of drug-likeness (QED) is 0.362. The predicted octanol–water partition coefficient (Wildman–Crippen LogP) is 1.50. The highest BCUT2D eigenvalue weighted by atomic mass is 35.5. The van der Waals surface area contributed by atoms with Crippen LogP contribution in [0.4, 0.5) is 0 Å². The Bertz CT molecular complexity index is 623. The maximum atomic E-state index is 12.3. The van der Waals surface area contributed by atoms with Crippen molar-refractivity contribution in [3.05, 3.63) is 12.2 Å². The Hall–Kier alpha value is -1.19. The molecule has 160 valence electrons. The van der Waals surface area contributed by atoms with E-state index in [0.717, 1.165) is 0 Å². The van der Waals surface area contributed by atoms with Gasteiger partial charge in [-0.3, -0.25) is 9.59 Å². The van der Waals surface area contributed by atoms with Crippen LogP contribution < -0.4 is 0 Å². The first-order chi connectivity index (χ1) is 13.0. The van der Waals surface area contributed by atoms with Gasteiger partial charge in [-0.05, 0) is 12.8 Å². The number of hydrogen-bond donors (Lipinski definition) is 2. The van der Waals surface area contributed by atoms with Crippen LogP contribution in [0.2, 0.25) is 0 Å². The zero-order valence-electron chi connectivity index (χ0n) is 16.6. The van der Waals surface area contributed by atoms with Crippen LogP contribution in [0.5, 0.6) is 0 Å². The van der Waals surface area contributed by atoms with Gasteiger partial charge in [-0.15, -0.1) is 11.6 Å². The lowest BCUT2D eigenvalue weighted by molar-refractivity contribution is -0.303. The van der Waals surface area contributed by atoms with Crippen LogP contribution in [0.1, 0.15) is 40.5 Å². The predicted molar refractivity (Wildman–Crippen MR) is 99.3 cm³/mol. The van der Waals surface area contributed by atoms with Crippen molar-refractivity contribution in [2.75, 3.05) is 12.5 Å². The van der Waals surface area contributed by atoms with E-state index in [1.807, 2.05) is 13.8 Å². The highest BCUT2D eigenvalue weighted by molar-refractivity contribution is 6.18. The highest BCUT2D eigenvalue weighted by Crippen LogP contribution is 2.55. The average molecular weight is 421 g/mol. The van der Waals surface area contributed by atoms with Crippen molar-refractivity contribution >= 4 is 23.5 Å². The van der Waals surface area contributed by atoms with E-state index in [0.29, 0.717) is 0 Å². The molecule has 0 aromatic carbocycles. The second-order valence-electron chi connectivity index (χ2n) is 7.73. The zero-order valence-corrected chi connectivity index (χ0v) is 17.4. The number of aliphatic hydroxyl groups is 2. The van der Waals surface area contributed by atoms with E-state index in [1.54, 1.807) is 6.92 Å². The number of carbonyl (C=O) groups is 2. The first kappa shape index (κ1) is 23.1. The minimum Gasteiger partial charge on any atom is -0.459 e. The second-order valence-corrected chi connectivity index (χ2v) is 8.00. The first-order valence-corrected chi connectivity index (χ1v) is 9.86. The van der Waals surface area contributed by atoms with Crippen molar-refractivity contribution in [2.24, 2.45) is 11.8 Å². The van der Waals surface area contributed by atoms with Crippen LogP contribution in [-0.2, 0) is 28.5 Å². The van der Waals surface area contributed by atoms with Crippen LogP contribution >= 0.6 is 11.6 Å². The van der Waals surface area contributed by atoms with E-state index in [9.17, 15) is 19.8 Å². The monoisotopic (exact) mass is 420 g/mol. The summed E-state index contributed by atoms with van der Waals surface area (Å²) in [5.41, 5.74) is -3.52. The number of alkyl halides is 1. The first-order valence-electron chi connectivity index (χ1n) is 9.33. The molecule has 1 aliphatic carbocycles. The van der Waals surface area contributed by atoms with E-state index in [2.05, 4.69) is 6.58 Å². The SMILES string of the molecule is C=C1[C@H](OCC)O[C@@H](OC(=O)CC(C)C)[C@@H]2[C@@](O)(CCl)[C@@H](OC(C)=O)C[C@]12O. The molecule has 0 bridgehead atoms. The van der Waals surface area contributed by atoms with Crippen molar-refractivity contribution in [3.8, 4) is 0 Å². The lowest BCUT2D eigenvalue weighted by Gasteiger charge is -2.47. The van der Waals surface area contributed by atoms with Gasteiger partial charge in [0.25, 0.3) is 0 Å². The molecule has 28 heavy (non-hydrogen) atoms.